The molecule has 1 aromatic heterocycles. The zero-order valence-corrected chi connectivity index (χ0v) is 8.62. The molecule has 0 radical (unpaired) electrons. The van der Waals surface area contributed by atoms with E-state index in [1.165, 1.54) is 0 Å². The van der Waals surface area contributed by atoms with Crippen molar-refractivity contribution in [1.82, 2.24) is 4.98 Å². The Morgan fingerprint density at radius 3 is 3.00 bits per heavy atom. The maximum absolute atomic E-state index is 8.75. The zero-order chi connectivity index (χ0) is 10.6. The minimum atomic E-state index is 0.167. The predicted molar refractivity (Wildman–Crippen MR) is 58.2 cm³/mol. The van der Waals surface area contributed by atoms with Gasteiger partial charge in [0.25, 0.3) is 0 Å². The number of aliphatic hydroxyl groups is 1. The molecule has 1 aromatic rings. The molecular weight excluding hydrogens is 178 g/mol. The average molecular weight is 195 g/mol. The number of anilines is 2. The Morgan fingerprint density at radius 2 is 2.36 bits per heavy atom. The van der Waals surface area contributed by atoms with E-state index in [0.29, 0.717) is 17.9 Å². The summed E-state index contributed by atoms with van der Waals surface area (Å²) in [6.07, 6.45) is 2.41. The van der Waals surface area contributed by atoms with Crippen molar-refractivity contribution in [1.29, 1.82) is 0 Å². The van der Waals surface area contributed by atoms with Crippen LogP contribution < -0.4 is 11.1 Å². The van der Waals surface area contributed by atoms with Gasteiger partial charge in [0.05, 0.1) is 5.69 Å². The molecule has 4 N–H and O–H groups in total. The van der Waals surface area contributed by atoms with Crippen LogP contribution in [0, 0.1) is 6.92 Å². The maximum Gasteiger partial charge on any atom is 0.149 e. The third kappa shape index (κ3) is 2.60. The fraction of sp³-hybridized carbons (Fsp3) is 0.500. The Balaban J connectivity index is 2.71. The van der Waals surface area contributed by atoms with Crippen molar-refractivity contribution in [2.75, 3.05) is 17.7 Å². The molecule has 0 aromatic carbocycles. The van der Waals surface area contributed by atoms with Gasteiger partial charge < -0.3 is 16.2 Å². The number of hydrogen-bond donors (Lipinski definition) is 3. The Morgan fingerprint density at radius 1 is 1.64 bits per heavy atom. The normalized spacial score (nSPS) is 12.5. The molecule has 4 nitrogen and oxygen atoms in total. The van der Waals surface area contributed by atoms with Crippen LogP contribution in [-0.4, -0.2) is 22.7 Å². The van der Waals surface area contributed by atoms with Crippen LogP contribution in [-0.2, 0) is 0 Å². The molecule has 0 spiro atoms. The molecule has 1 atom stereocenters. The number of rotatable bonds is 4. The van der Waals surface area contributed by atoms with Crippen LogP contribution in [0.15, 0.2) is 12.3 Å². The lowest BCUT2D eigenvalue weighted by Gasteiger charge is -2.15. The topological polar surface area (TPSA) is 71.2 Å². The molecule has 1 unspecified atom stereocenters. The number of aliphatic hydroxyl groups excluding tert-OH is 1. The van der Waals surface area contributed by atoms with E-state index in [2.05, 4.69) is 10.3 Å². The molecule has 14 heavy (non-hydrogen) atoms. The van der Waals surface area contributed by atoms with Crippen LogP contribution in [0.25, 0.3) is 0 Å². The molecule has 0 fully saturated rings. The average Bonchev–Trinajstić information content (AvgIpc) is 2.13. The second-order valence-electron chi connectivity index (χ2n) is 3.45. The minimum Gasteiger partial charge on any atom is -0.396 e. The molecular formula is C10H17N3O. The van der Waals surface area contributed by atoms with Crippen molar-refractivity contribution in [2.24, 2.45) is 0 Å². The molecule has 0 saturated heterocycles. The fourth-order valence-corrected chi connectivity index (χ4v) is 1.18. The van der Waals surface area contributed by atoms with E-state index in [1.807, 2.05) is 19.9 Å². The zero-order valence-electron chi connectivity index (χ0n) is 8.62. The number of nitrogens with one attached hydrogen (secondary N) is 1. The van der Waals surface area contributed by atoms with E-state index in [9.17, 15) is 0 Å². The maximum atomic E-state index is 8.75. The fourth-order valence-electron chi connectivity index (χ4n) is 1.18. The predicted octanol–water partition coefficient (Wildman–Crippen LogP) is 1.16. The SMILES string of the molecule is Cc1ccnc(NC(C)CCO)c1N. The van der Waals surface area contributed by atoms with Gasteiger partial charge >= 0.3 is 0 Å². The van der Waals surface area contributed by atoms with E-state index in [4.69, 9.17) is 10.8 Å². The van der Waals surface area contributed by atoms with E-state index < -0.39 is 0 Å². The van der Waals surface area contributed by atoms with Crippen molar-refractivity contribution in [3.63, 3.8) is 0 Å². The monoisotopic (exact) mass is 195 g/mol. The van der Waals surface area contributed by atoms with E-state index in [-0.39, 0.29) is 12.6 Å². The van der Waals surface area contributed by atoms with Crippen LogP contribution in [0.4, 0.5) is 11.5 Å². The number of nitrogens with two attached hydrogens (primary N) is 1. The molecule has 0 aliphatic rings. The summed E-state index contributed by atoms with van der Waals surface area (Å²) in [7, 11) is 0. The van der Waals surface area contributed by atoms with E-state index in [0.717, 1.165) is 5.56 Å². The summed E-state index contributed by atoms with van der Waals surface area (Å²) in [4.78, 5) is 4.14. The summed E-state index contributed by atoms with van der Waals surface area (Å²) in [5, 5.41) is 11.9. The molecule has 1 rings (SSSR count). The molecule has 78 valence electrons. The Labute approximate surface area is 84.2 Å². The highest BCUT2D eigenvalue weighted by atomic mass is 16.3. The van der Waals surface area contributed by atoms with Crippen LogP contribution in [0.2, 0.25) is 0 Å². The highest BCUT2D eigenvalue weighted by Gasteiger charge is 2.06. The largest absolute Gasteiger partial charge is 0.396 e. The summed E-state index contributed by atoms with van der Waals surface area (Å²) in [5.41, 5.74) is 7.53. The number of aromatic nitrogens is 1. The molecule has 0 aliphatic carbocycles. The third-order valence-corrected chi connectivity index (χ3v) is 2.15. The van der Waals surface area contributed by atoms with Gasteiger partial charge in [-0.15, -0.1) is 0 Å². The highest BCUT2D eigenvalue weighted by Crippen LogP contribution is 2.19. The van der Waals surface area contributed by atoms with Crippen molar-refractivity contribution in [2.45, 2.75) is 26.3 Å². The number of nitrogens with zero attached hydrogens (tertiary/aromatic N) is 1. The van der Waals surface area contributed by atoms with Gasteiger partial charge in [-0.3, -0.25) is 0 Å². The van der Waals surface area contributed by atoms with Gasteiger partial charge in [-0.05, 0) is 31.9 Å². The first-order chi connectivity index (χ1) is 6.65. The smallest absolute Gasteiger partial charge is 0.149 e. The van der Waals surface area contributed by atoms with Gasteiger partial charge in [-0.2, -0.15) is 0 Å². The molecule has 0 amide bonds. The third-order valence-electron chi connectivity index (χ3n) is 2.15. The second kappa shape index (κ2) is 4.81. The van der Waals surface area contributed by atoms with Gasteiger partial charge in [-0.25, -0.2) is 4.98 Å². The number of hydrogen-bond acceptors (Lipinski definition) is 4. The van der Waals surface area contributed by atoms with Gasteiger partial charge in [0.1, 0.15) is 5.82 Å². The van der Waals surface area contributed by atoms with Crippen LogP contribution in [0.1, 0.15) is 18.9 Å². The van der Waals surface area contributed by atoms with Crippen molar-refractivity contribution in [3.05, 3.63) is 17.8 Å². The van der Waals surface area contributed by atoms with Gasteiger partial charge in [0.15, 0.2) is 0 Å². The second-order valence-corrected chi connectivity index (χ2v) is 3.45. The highest BCUT2D eigenvalue weighted by molar-refractivity contribution is 5.65. The number of nitrogen functional groups attached to an aromatic ring is 1. The van der Waals surface area contributed by atoms with E-state index in [1.54, 1.807) is 6.20 Å². The summed E-state index contributed by atoms with van der Waals surface area (Å²) < 4.78 is 0. The summed E-state index contributed by atoms with van der Waals surface area (Å²) >= 11 is 0. The lowest BCUT2D eigenvalue weighted by atomic mass is 10.2. The first-order valence-electron chi connectivity index (χ1n) is 4.73. The molecule has 1 heterocycles. The Bertz CT molecular complexity index is 301. The van der Waals surface area contributed by atoms with Gasteiger partial charge in [-0.1, -0.05) is 0 Å². The summed E-state index contributed by atoms with van der Waals surface area (Å²) in [6.45, 7) is 4.10. The number of aryl methyl sites for hydroxylation is 1. The molecule has 4 heteroatoms. The molecule has 0 bridgehead atoms. The standard InChI is InChI=1S/C10H17N3O/c1-7-3-5-12-10(9(7)11)13-8(2)4-6-14/h3,5,8,14H,4,6,11H2,1-2H3,(H,12,13). The number of pyridine rings is 1. The summed E-state index contributed by atoms with van der Waals surface area (Å²) in [6, 6.07) is 2.05. The first kappa shape index (κ1) is 10.8. The van der Waals surface area contributed by atoms with Crippen LogP contribution in [0.3, 0.4) is 0 Å². The lowest BCUT2D eigenvalue weighted by Crippen LogP contribution is -2.18. The minimum absolute atomic E-state index is 0.167. The van der Waals surface area contributed by atoms with Crippen molar-refractivity contribution >= 4 is 11.5 Å². The summed E-state index contributed by atoms with van der Waals surface area (Å²) in [5.74, 6) is 0.700. The van der Waals surface area contributed by atoms with Crippen LogP contribution >= 0.6 is 0 Å². The Hall–Kier alpha value is -1.29. The Kier molecular flexibility index (Phi) is 3.71. The molecule has 0 aliphatic heterocycles. The quantitative estimate of drug-likeness (QED) is 0.674. The van der Waals surface area contributed by atoms with Gasteiger partial charge in [0.2, 0.25) is 0 Å². The lowest BCUT2D eigenvalue weighted by molar-refractivity contribution is 0.282. The van der Waals surface area contributed by atoms with E-state index >= 15 is 0 Å². The molecule has 0 saturated carbocycles. The first-order valence-corrected chi connectivity index (χ1v) is 4.73. The van der Waals surface area contributed by atoms with Crippen molar-refractivity contribution in [3.8, 4) is 0 Å². The van der Waals surface area contributed by atoms with Gasteiger partial charge in [0, 0.05) is 18.8 Å². The van der Waals surface area contributed by atoms with Crippen molar-refractivity contribution < 1.29 is 5.11 Å². The van der Waals surface area contributed by atoms with Crippen LogP contribution in [0.5, 0.6) is 0 Å².